The number of carbonyl (C=O) groups excluding carboxylic acids is 1. The molecule has 134 valence electrons. The predicted octanol–water partition coefficient (Wildman–Crippen LogP) is 4.18. The highest BCUT2D eigenvalue weighted by Crippen LogP contribution is 2.41. The van der Waals surface area contributed by atoms with Gasteiger partial charge in [-0.2, -0.15) is 0 Å². The second kappa shape index (κ2) is 6.60. The molecule has 3 nitrogen and oxygen atoms in total. The molecule has 0 saturated carbocycles. The third kappa shape index (κ3) is 3.15. The van der Waals surface area contributed by atoms with Gasteiger partial charge in [-0.25, -0.2) is 0 Å². The van der Waals surface area contributed by atoms with E-state index in [1.165, 1.54) is 24.0 Å². The van der Waals surface area contributed by atoms with Crippen molar-refractivity contribution in [1.82, 2.24) is 0 Å². The zero-order valence-corrected chi connectivity index (χ0v) is 15.5. The van der Waals surface area contributed by atoms with Gasteiger partial charge >= 0.3 is 5.97 Å². The maximum absolute atomic E-state index is 13.0. The average Bonchev–Trinajstić information content (AvgIpc) is 2.79. The first-order valence-electron chi connectivity index (χ1n) is 9.85. The number of rotatable bonds is 3. The monoisotopic (exact) mass is 340 g/mol. The van der Waals surface area contributed by atoms with Gasteiger partial charge in [0.05, 0.1) is 32.1 Å². The number of fused-ring (bicyclic) bond motifs is 2. The van der Waals surface area contributed by atoms with E-state index in [-0.39, 0.29) is 18.0 Å². The summed E-state index contributed by atoms with van der Waals surface area (Å²) in [5.41, 5.74) is 2.34. The van der Waals surface area contributed by atoms with E-state index in [0.29, 0.717) is 12.1 Å². The van der Waals surface area contributed by atoms with E-state index in [2.05, 4.69) is 32.3 Å². The summed E-state index contributed by atoms with van der Waals surface area (Å²) in [5, 5.41) is 0. The van der Waals surface area contributed by atoms with Crippen LogP contribution >= 0.6 is 0 Å². The molecule has 3 unspecified atom stereocenters. The molecule has 25 heavy (non-hydrogen) atoms. The molecule has 0 radical (unpaired) electrons. The van der Waals surface area contributed by atoms with Crippen molar-refractivity contribution in [2.75, 3.05) is 14.1 Å². The Morgan fingerprint density at radius 2 is 1.72 bits per heavy atom. The summed E-state index contributed by atoms with van der Waals surface area (Å²) in [5.74, 6) is -0.0790. The SMILES string of the molecule is C[N+]1(C)C2CCC1CC(OC(=O)C1CCCC=C1c1ccccc1)C2. The van der Waals surface area contributed by atoms with Crippen molar-refractivity contribution in [2.45, 2.75) is 63.1 Å². The maximum Gasteiger partial charge on any atom is 0.313 e. The Morgan fingerprint density at radius 1 is 1.04 bits per heavy atom. The summed E-state index contributed by atoms with van der Waals surface area (Å²) in [6.45, 7) is 0. The first-order valence-corrected chi connectivity index (χ1v) is 9.85. The molecule has 1 aromatic carbocycles. The summed E-state index contributed by atoms with van der Waals surface area (Å²) in [6.07, 6.45) is 10.1. The van der Waals surface area contributed by atoms with E-state index >= 15 is 0 Å². The van der Waals surface area contributed by atoms with Crippen molar-refractivity contribution in [2.24, 2.45) is 5.92 Å². The molecule has 3 aliphatic rings. The van der Waals surface area contributed by atoms with E-state index in [1.54, 1.807) is 0 Å². The number of benzene rings is 1. The number of hydrogen-bond acceptors (Lipinski definition) is 2. The molecule has 3 heteroatoms. The van der Waals surface area contributed by atoms with E-state index in [0.717, 1.165) is 36.6 Å². The molecular weight excluding hydrogens is 310 g/mol. The van der Waals surface area contributed by atoms with Gasteiger partial charge < -0.3 is 9.22 Å². The van der Waals surface area contributed by atoms with Crippen LogP contribution in [-0.2, 0) is 9.53 Å². The van der Waals surface area contributed by atoms with Crippen LogP contribution in [0.1, 0.15) is 50.5 Å². The van der Waals surface area contributed by atoms with Crippen LogP contribution < -0.4 is 0 Å². The third-order valence-corrected chi connectivity index (χ3v) is 6.90. The zero-order valence-electron chi connectivity index (χ0n) is 15.5. The van der Waals surface area contributed by atoms with Crippen LogP contribution in [0, 0.1) is 5.92 Å². The minimum Gasteiger partial charge on any atom is -0.461 e. The number of quaternary nitrogens is 1. The molecule has 1 aliphatic carbocycles. The van der Waals surface area contributed by atoms with Crippen molar-refractivity contribution in [1.29, 1.82) is 0 Å². The van der Waals surface area contributed by atoms with Gasteiger partial charge in [-0.3, -0.25) is 4.79 Å². The number of carbonyl (C=O) groups is 1. The van der Waals surface area contributed by atoms with Gasteiger partial charge in [-0.15, -0.1) is 0 Å². The number of hydrogen-bond donors (Lipinski definition) is 0. The lowest BCUT2D eigenvalue weighted by molar-refractivity contribution is -0.931. The van der Waals surface area contributed by atoms with Crippen molar-refractivity contribution in [3.05, 3.63) is 42.0 Å². The summed E-state index contributed by atoms with van der Waals surface area (Å²) in [4.78, 5) is 13.0. The molecule has 2 bridgehead atoms. The Balaban J connectivity index is 1.46. The molecule has 0 spiro atoms. The second-order valence-corrected chi connectivity index (χ2v) is 8.55. The highest BCUT2D eigenvalue weighted by atomic mass is 16.5. The number of ether oxygens (including phenoxy) is 1. The molecular formula is C22H30NO2+. The average molecular weight is 340 g/mol. The number of piperidine rings is 1. The Kier molecular flexibility index (Phi) is 4.45. The lowest BCUT2D eigenvalue weighted by Crippen LogP contribution is -2.56. The van der Waals surface area contributed by atoms with E-state index < -0.39 is 0 Å². The quantitative estimate of drug-likeness (QED) is 0.609. The minimum atomic E-state index is -0.0850. The molecule has 1 aromatic rings. The molecule has 2 saturated heterocycles. The van der Waals surface area contributed by atoms with Crippen LogP contribution in [0.4, 0.5) is 0 Å². The van der Waals surface area contributed by atoms with Crippen molar-refractivity contribution < 1.29 is 14.0 Å². The largest absolute Gasteiger partial charge is 0.461 e. The smallest absolute Gasteiger partial charge is 0.313 e. The fourth-order valence-corrected chi connectivity index (χ4v) is 5.24. The van der Waals surface area contributed by atoms with E-state index in [4.69, 9.17) is 4.74 Å². The molecule has 2 heterocycles. The highest BCUT2D eigenvalue weighted by molar-refractivity contribution is 5.89. The van der Waals surface area contributed by atoms with E-state index in [9.17, 15) is 4.79 Å². The van der Waals surface area contributed by atoms with Gasteiger partial charge in [0, 0.05) is 25.7 Å². The maximum atomic E-state index is 13.0. The van der Waals surface area contributed by atoms with Crippen LogP contribution in [0.25, 0.3) is 5.57 Å². The van der Waals surface area contributed by atoms with Crippen molar-refractivity contribution >= 4 is 11.5 Å². The Hall–Kier alpha value is -1.61. The zero-order chi connectivity index (χ0) is 17.4. The van der Waals surface area contributed by atoms with Crippen LogP contribution in [0.2, 0.25) is 0 Å². The van der Waals surface area contributed by atoms with Gasteiger partial charge in [0.1, 0.15) is 6.10 Å². The molecule has 0 N–H and O–H groups in total. The highest BCUT2D eigenvalue weighted by Gasteiger charge is 2.50. The summed E-state index contributed by atoms with van der Waals surface area (Å²) in [6, 6.07) is 11.7. The minimum absolute atomic E-state index is 0.00593. The van der Waals surface area contributed by atoms with Crippen LogP contribution in [0.3, 0.4) is 0 Å². The first-order chi connectivity index (χ1) is 12.1. The predicted molar refractivity (Wildman–Crippen MR) is 99.8 cm³/mol. The van der Waals surface area contributed by atoms with Crippen LogP contribution in [0.5, 0.6) is 0 Å². The molecule has 2 fully saturated rings. The molecule has 4 rings (SSSR count). The third-order valence-electron chi connectivity index (χ3n) is 6.90. The fraction of sp³-hybridized carbons (Fsp3) is 0.591. The number of esters is 1. The van der Waals surface area contributed by atoms with Gasteiger partial charge in [-0.1, -0.05) is 36.4 Å². The Morgan fingerprint density at radius 3 is 2.40 bits per heavy atom. The second-order valence-electron chi connectivity index (χ2n) is 8.55. The Labute approximate surface area is 151 Å². The van der Waals surface area contributed by atoms with Gasteiger partial charge in [0.2, 0.25) is 0 Å². The van der Waals surface area contributed by atoms with Crippen LogP contribution in [0.15, 0.2) is 36.4 Å². The topological polar surface area (TPSA) is 26.3 Å². The van der Waals surface area contributed by atoms with E-state index in [1.807, 2.05) is 18.2 Å². The molecule has 0 aromatic heterocycles. The fourth-order valence-electron chi connectivity index (χ4n) is 5.24. The summed E-state index contributed by atoms with van der Waals surface area (Å²) in [7, 11) is 4.69. The normalized spacial score (nSPS) is 33.6. The molecule has 0 amide bonds. The lowest BCUT2D eigenvalue weighted by atomic mass is 9.83. The number of allylic oxidation sites excluding steroid dienone is 1. The summed E-state index contributed by atoms with van der Waals surface area (Å²) >= 11 is 0. The number of nitrogens with zero attached hydrogens (tertiary/aromatic N) is 1. The molecule has 3 atom stereocenters. The van der Waals surface area contributed by atoms with Gasteiger partial charge in [-0.05, 0) is 30.4 Å². The van der Waals surface area contributed by atoms with Crippen LogP contribution in [-0.4, -0.2) is 42.7 Å². The summed E-state index contributed by atoms with van der Waals surface area (Å²) < 4.78 is 7.18. The van der Waals surface area contributed by atoms with Crippen molar-refractivity contribution in [3.63, 3.8) is 0 Å². The lowest BCUT2D eigenvalue weighted by Gasteiger charge is -2.44. The Bertz CT molecular complexity index is 648. The molecule has 2 aliphatic heterocycles. The van der Waals surface area contributed by atoms with Crippen molar-refractivity contribution in [3.8, 4) is 0 Å². The van der Waals surface area contributed by atoms with Gasteiger partial charge in [0.25, 0.3) is 0 Å². The standard InChI is InChI=1S/C22H30NO2/c1-23(2)17-12-13-18(23)15-19(14-17)25-22(24)21-11-7-6-10-20(21)16-8-4-3-5-9-16/h3-5,8-10,17-19,21H,6-7,11-15H2,1-2H3/q+1. The first kappa shape index (κ1) is 16.8. The van der Waals surface area contributed by atoms with Gasteiger partial charge in [0.15, 0.2) is 0 Å².